The molecule has 3 aromatic carbocycles. The number of anilines is 2. The predicted octanol–water partition coefficient (Wildman–Crippen LogP) is 6.15. The van der Waals surface area contributed by atoms with Crippen molar-refractivity contribution in [1.29, 1.82) is 0 Å². The molecule has 1 saturated heterocycles. The Hall–Kier alpha value is -4.36. The Morgan fingerprint density at radius 3 is 2.43 bits per heavy atom. The van der Waals surface area contributed by atoms with Gasteiger partial charge in [-0.3, -0.25) is 19.2 Å². The number of alkyl halides is 3. The smallest absolute Gasteiger partial charge is 0.418 e. The van der Waals surface area contributed by atoms with Gasteiger partial charge >= 0.3 is 11.0 Å². The summed E-state index contributed by atoms with van der Waals surface area (Å²) in [6.07, 6.45) is -4.15. The quantitative estimate of drug-likeness (QED) is 0.237. The number of para-hydroxylation sites is 2. The molecule has 3 heterocycles. The average Bonchev–Trinajstić information content (AvgIpc) is 3.79. The van der Waals surface area contributed by atoms with Gasteiger partial charge in [-0.1, -0.05) is 53.8 Å². The van der Waals surface area contributed by atoms with E-state index < -0.39 is 41.1 Å². The topological polar surface area (TPSA) is 109 Å². The number of fused-ring (bicyclic) bond motifs is 9. The number of halogens is 3. The number of amides is 3. The predicted molar refractivity (Wildman–Crippen MR) is 169 cm³/mol. The monoisotopic (exact) mass is 677 g/mol. The standard InChI is InChI=1S/C34H26F3N3O5S2/c35-34(36,37)21-11-4-5-12-22(21)40-31(42)26-19-14-20(27(26)32(40)43)28-25(19)24(29-30(46-28)39-33(44)47-29)16-7-6-10-18(13-16)45-15-23(41)38-17-8-2-1-3-9-17/h1-13,19-20,24-28H,14-15H2,(H,38,41)(H,39,44)/t19?,20?,24-,25?,26?,27?,28?/m1/s1. The van der Waals surface area contributed by atoms with Crippen LogP contribution in [0.5, 0.6) is 5.75 Å². The maximum Gasteiger partial charge on any atom is 0.418 e. The molecule has 0 radical (unpaired) electrons. The number of hydrogen-bond donors (Lipinski definition) is 2. The number of ether oxygens (including phenoxy) is 1. The summed E-state index contributed by atoms with van der Waals surface area (Å²) in [4.78, 5) is 57.3. The number of carbonyl (C=O) groups excluding carboxylic acids is 3. The van der Waals surface area contributed by atoms with Crippen molar-refractivity contribution in [2.45, 2.75) is 28.8 Å². The van der Waals surface area contributed by atoms with Crippen LogP contribution in [-0.2, 0) is 20.6 Å². The number of thioether (sulfide) groups is 1. The van der Waals surface area contributed by atoms with Crippen molar-refractivity contribution in [3.63, 3.8) is 0 Å². The number of benzene rings is 3. The Bertz CT molecular complexity index is 1980. The molecule has 47 heavy (non-hydrogen) atoms. The SMILES string of the molecule is O=C(COc1cccc([C@H]2c3sc(=O)[nH]c3SC3C4CC(C5C(=O)N(c6ccccc6C(F)(F)F)C(=O)C45)C32)c1)Nc1ccccc1. The highest BCUT2D eigenvalue weighted by atomic mass is 32.2. The summed E-state index contributed by atoms with van der Waals surface area (Å²) in [7, 11) is 0. The van der Waals surface area contributed by atoms with E-state index in [0.29, 0.717) is 22.9 Å². The van der Waals surface area contributed by atoms with Gasteiger partial charge in [0.2, 0.25) is 11.8 Å². The van der Waals surface area contributed by atoms with Crippen LogP contribution >= 0.6 is 23.1 Å². The zero-order valence-corrected chi connectivity index (χ0v) is 26.0. The lowest BCUT2D eigenvalue weighted by molar-refractivity contribution is -0.137. The van der Waals surface area contributed by atoms with E-state index in [0.717, 1.165) is 32.7 Å². The molecule has 3 fully saturated rings. The first-order valence-electron chi connectivity index (χ1n) is 15.1. The molecular formula is C34H26F3N3O5S2. The number of aromatic nitrogens is 1. The van der Waals surface area contributed by atoms with Crippen LogP contribution in [-0.4, -0.2) is 34.6 Å². The zero-order chi connectivity index (χ0) is 32.6. The minimum atomic E-state index is -4.74. The summed E-state index contributed by atoms with van der Waals surface area (Å²) in [6.45, 7) is -0.228. The number of hydrogen-bond acceptors (Lipinski definition) is 7. The normalized spacial score (nSPS) is 27.4. The third-order valence-corrected chi connectivity index (χ3v) is 12.4. The molecule has 0 spiro atoms. The molecule has 6 unspecified atom stereocenters. The fourth-order valence-electron chi connectivity index (χ4n) is 8.20. The molecule has 13 heteroatoms. The molecule has 4 aromatic rings. The minimum Gasteiger partial charge on any atom is -0.484 e. The van der Waals surface area contributed by atoms with Crippen molar-refractivity contribution in [1.82, 2.24) is 4.98 Å². The second-order valence-electron chi connectivity index (χ2n) is 12.3. The van der Waals surface area contributed by atoms with Crippen molar-refractivity contribution in [2.24, 2.45) is 29.6 Å². The summed E-state index contributed by atoms with van der Waals surface area (Å²) in [5.41, 5.74) is 0.0247. The third kappa shape index (κ3) is 4.89. The Morgan fingerprint density at radius 1 is 0.936 bits per heavy atom. The van der Waals surface area contributed by atoms with E-state index in [1.54, 1.807) is 18.2 Å². The number of imide groups is 1. The lowest BCUT2D eigenvalue weighted by atomic mass is 9.68. The minimum absolute atomic E-state index is 0.139. The Kier molecular flexibility index (Phi) is 7.10. The van der Waals surface area contributed by atoms with Crippen LogP contribution in [0.1, 0.15) is 28.3 Å². The Morgan fingerprint density at radius 2 is 1.66 bits per heavy atom. The van der Waals surface area contributed by atoms with Crippen molar-refractivity contribution in [3.8, 4) is 5.75 Å². The lowest BCUT2D eigenvalue weighted by Crippen LogP contribution is -2.42. The summed E-state index contributed by atoms with van der Waals surface area (Å²) in [5.74, 6) is -3.55. The van der Waals surface area contributed by atoms with E-state index in [1.165, 1.54) is 30.0 Å². The highest BCUT2D eigenvalue weighted by Crippen LogP contribution is 2.69. The van der Waals surface area contributed by atoms with Crippen molar-refractivity contribution in [2.75, 3.05) is 16.8 Å². The van der Waals surface area contributed by atoms with E-state index in [1.807, 2.05) is 36.4 Å². The molecule has 7 atom stereocenters. The number of nitrogens with one attached hydrogen (secondary N) is 2. The average molecular weight is 678 g/mol. The highest BCUT2D eigenvalue weighted by Gasteiger charge is 2.70. The molecule has 8 rings (SSSR count). The fourth-order valence-corrected chi connectivity index (χ4v) is 11.1. The van der Waals surface area contributed by atoms with Crippen LogP contribution in [0.4, 0.5) is 24.5 Å². The first-order valence-corrected chi connectivity index (χ1v) is 16.8. The van der Waals surface area contributed by atoms with E-state index in [4.69, 9.17) is 4.74 Å². The van der Waals surface area contributed by atoms with E-state index in [2.05, 4.69) is 10.3 Å². The molecule has 3 amide bonds. The van der Waals surface area contributed by atoms with Crippen molar-refractivity contribution in [3.05, 3.63) is 105 Å². The summed E-state index contributed by atoms with van der Waals surface area (Å²) in [6, 6.07) is 21.0. The maximum absolute atomic E-state index is 14.0. The number of rotatable bonds is 6. The lowest BCUT2D eigenvalue weighted by Gasteiger charge is -2.43. The molecule has 2 aliphatic carbocycles. The van der Waals surface area contributed by atoms with Gasteiger partial charge in [0.1, 0.15) is 5.75 Å². The molecule has 1 aromatic heterocycles. The van der Waals surface area contributed by atoms with Gasteiger partial charge in [-0.2, -0.15) is 13.2 Å². The second-order valence-corrected chi connectivity index (χ2v) is 14.5. The van der Waals surface area contributed by atoms with Crippen LogP contribution in [0.15, 0.2) is 88.7 Å². The number of aromatic amines is 1. The fraction of sp³-hybridized carbons (Fsp3) is 0.294. The third-order valence-electron chi connectivity index (χ3n) is 9.82. The summed E-state index contributed by atoms with van der Waals surface area (Å²) < 4.78 is 47.7. The molecule has 4 aliphatic rings. The zero-order valence-electron chi connectivity index (χ0n) is 24.4. The highest BCUT2D eigenvalue weighted by molar-refractivity contribution is 8.00. The molecular weight excluding hydrogens is 652 g/mol. The van der Waals surface area contributed by atoms with Crippen molar-refractivity contribution < 1.29 is 32.3 Å². The van der Waals surface area contributed by atoms with Gasteiger partial charge in [-0.15, -0.1) is 11.8 Å². The molecule has 2 saturated carbocycles. The van der Waals surface area contributed by atoms with Crippen LogP contribution in [0.3, 0.4) is 0 Å². The van der Waals surface area contributed by atoms with Crippen LogP contribution in [0.25, 0.3) is 0 Å². The number of carbonyl (C=O) groups is 3. The Balaban J connectivity index is 1.11. The summed E-state index contributed by atoms with van der Waals surface area (Å²) >= 11 is 2.59. The van der Waals surface area contributed by atoms with Gasteiger partial charge in [0.05, 0.1) is 28.1 Å². The molecule has 2 aliphatic heterocycles. The van der Waals surface area contributed by atoms with Crippen LogP contribution < -0.4 is 19.8 Å². The number of nitrogens with zero attached hydrogens (tertiary/aromatic N) is 1. The van der Waals surface area contributed by atoms with Crippen LogP contribution in [0.2, 0.25) is 0 Å². The molecule has 240 valence electrons. The van der Waals surface area contributed by atoms with E-state index in [9.17, 15) is 32.3 Å². The van der Waals surface area contributed by atoms with Crippen LogP contribution in [0, 0.1) is 29.6 Å². The molecule has 8 nitrogen and oxygen atoms in total. The summed E-state index contributed by atoms with van der Waals surface area (Å²) in [5, 5.41) is 3.35. The van der Waals surface area contributed by atoms with Gasteiger partial charge in [-0.25, -0.2) is 4.90 Å². The van der Waals surface area contributed by atoms with Gasteiger partial charge in [0.15, 0.2) is 6.61 Å². The van der Waals surface area contributed by atoms with E-state index >= 15 is 0 Å². The molecule has 2 bridgehead atoms. The van der Waals surface area contributed by atoms with Gasteiger partial charge < -0.3 is 15.0 Å². The van der Waals surface area contributed by atoms with Gasteiger partial charge in [0.25, 0.3) is 5.91 Å². The second kappa shape index (κ2) is 11.1. The maximum atomic E-state index is 14.0. The first kappa shape index (κ1) is 30.0. The van der Waals surface area contributed by atoms with Crippen molar-refractivity contribution >= 4 is 52.2 Å². The largest absolute Gasteiger partial charge is 0.484 e. The Labute approximate surface area is 274 Å². The number of thiazole rings is 1. The molecule has 2 N–H and O–H groups in total. The van der Waals surface area contributed by atoms with Gasteiger partial charge in [0, 0.05) is 21.7 Å². The van der Waals surface area contributed by atoms with Gasteiger partial charge in [-0.05, 0) is 66.1 Å². The first-order chi connectivity index (χ1) is 22.6. The van der Waals surface area contributed by atoms with E-state index in [-0.39, 0.29) is 46.3 Å². The number of H-pyrrole nitrogens is 1.